The zero-order valence-electron chi connectivity index (χ0n) is 14.7. The molecule has 25 heavy (non-hydrogen) atoms. The Morgan fingerprint density at radius 3 is 2.24 bits per heavy atom. The Kier molecular flexibility index (Phi) is 6.57. The summed E-state index contributed by atoms with van der Waals surface area (Å²) in [5.74, 6) is -0.0798. The molecule has 0 aromatic heterocycles. The SMILES string of the molecule is CC[C@@H](NC(=O)COc1ccc(C(=O)OC)cc1)c1ccc(C)cc1. The monoisotopic (exact) mass is 341 g/mol. The van der Waals surface area contributed by atoms with Gasteiger partial charge in [-0.25, -0.2) is 4.79 Å². The number of esters is 1. The van der Waals surface area contributed by atoms with E-state index in [1.807, 2.05) is 38.1 Å². The molecule has 0 fully saturated rings. The molecule has 132 valence electrons. The van der Waals surface area contributed by atoms with Gasteiger partial charge in [0.25, 0.3) is 5.91 Å². The molecule has 0 saturated carbocycles. The molecule has 0 spiro atoms. The average Bonchev–Trinajstić information content (AvgIpc) is 2.65. The highest BCUT2D eigenvalue weighted by Crippen LogP contribution is 2.17. The van der Waals surface area contributed by atoms with Gasteiger partial charge in [0.15, 0.2) is 6.61 Å². The Labute approximate surface area is 148 Å². The lowest BCUT2D eigenvalue weighted by Gasteiger charge is -2.18. The Hall–Kier alpha value is -2.82. The number of methoxy groups -OCH3 is 1. The first-order valence-electron chi connectivity index (χ1n) is 8.20. The lowest BCUT2D eigenvalue weighted by atomic mass is 10.0. The smallest absolute Gasteiger partial charge is 0.337 e. The maximum atomic E-state index is 12.1. The first-order chi connectivity index (χ1) is 12.0. The van der Waals surface area contributed by atoms with Gasteiger partial charge in [-0.1, -0.05) is 36.8 Å². The van der Waals surface area contributed by atoms with E-state index in [9.17, 15) is 9.59 Å². The van der Waals surface area contributed by atoms with Crippen LogP contribution in [0.15, 0.2) is 48.5 Å². The number of rotatable bonds is 7. The van der Waals surface area contributed by atoms with Crippen molar-refractivity contribution in [2.45, 2.75) is 26.3 Å². The highest BCUT2D eigenvalue weighted by atomic mass is 16.5. The van der Waals surface area contributed by atoms with Crippen LogP contribution in [0.5, 0.6) is 5.75 Å². The van der Waals surface area contributed by atoms with Crippen LogP contribution in [0, 0.1) is 6.92 Å². The summed E-state index contributed by atoms with van der Waals surface area (Å²) in [7, 11) is 1.33. The predicted octanol–water partition coefficient (Wildman–Crippen LogP) is 3.43. The van der Waals surface area contributed by atoms with Crippen LogP contribution >= 0.6 is 0 Å². The van der Waals surface area contributed by atoms with Crippen molar-refractivity contribution < 1.29 is 19.1 Å². The minimum atomic E-state index is -0.409. The summed E-state index contributed by atoms with van der Waals surface area (Å²) < 4.78 is 10.1. The standard InChI is InChI=1S/C20H23NO4/c1-4-18(15-7-5-14(2)6-8-15)21-19(22)13-25-17-11-9-16(10-12-17)20(23)24-3/h5-12,18H,4,13H2,1-3H3,(H,21,22)/t18-/m1/s1. The topological polar surface area (TPSA) is 64.6 Å². The van der Waals surface area contributed by atoms with E-state index in [2.05, 4.69) is 10.1 Å². The third-order valence-corrected chi connectivity index (χ3v) is 3.87. The van der Waals surface area contributed by atoms with E-state index in [0.29, 0.717) is 11.3 Å². The molecule has 5 heteroatoms. The van der Waals surface area contributed by atoms with Crippen molar-refractivity contribution in [1.82, 2.24) is 5.32 Å². The molecule has 0 radical (unpaired) electrons. The number of amides is 1. The van der Waals surface area contributed by atoms with E-state index >= 15 is 0 Å². The zero-order chi connectivity index (χ0) is 18.2. The summed E-state index contributed by atoms with van der Waals surface area (Å²) in [4.78, 5) is 23.5. The fourth-order valence-electron chi connectivity index (χ4n) is 2.41. The van der Waals surface area contributed by atoms with Gasteiger partial charge in [-0.05, 0) is 43.2 Å². The van der Waals surface area contributed by atoms with Gasteiger partial charge < -0.3 is 14.8 Å². The molecule has 0 heterocycles. The Morgan fingerprint density at radius 1 is 1.04 bits per heavy atom. The highest BCUT2D eigenvalue weighted by Gasteiger charge is 2.13. The van der Waals surface area contributed by atoms with Crippen LogP contribution in [0.1, 0.15) is 40.9 Å². The molecule has 2 aromatic carbocycles. The summed E-state index contributed by atoms with van der Waals surface area (Å²) in [6.07, 6.45) is 0.794. The number of aryl methyl sites for hydroxylation is 1. The Bertz CT molecular complexity index is 707. The highest BCUT2D eigenvalue weighted by molar-refractivity contribution is 5.89. The van der Waals surface area contributed by atoms with Crippen molar-refractivity contribution in [2.75, 3.05) is 13.7 Å². The second kappa shape index (κ2) is 8.87. The van der Waals surface area contributed by atoms with Crippen LogP contribution in [-0.4, -0.2) is 25.6 Å². The number of hydrogen-bond donors (Lipinski definition) is 1. The van der Waals surface area contributed by atoms with Crippen LogP contribution in [0.3, 0.4) is 0 Å². The van der Waals surface area contributed by atoms with Crippen molar-refractivity contribution in [3.8, 4) is 5.75 Å². The van der Waals surface area contributed by atoms with Crippen molar-refractivity contribution in [3.05, 3.63) is 65.2 Å². The van der Waals surface area contributed by atoms with E-state index in [1.54, 1.807) is 24.3 Å². The van der Waals surface area contributed by atoms with Crippen molar-refractivity contribution in [1.29, 1.82) is 0 Å². The van der Waals surface area contributed by atoms with Crippen LogP contribution in [0.2, 0.25) is 0 Å². The van der Waals surface area contributed by atoms with Gasteiger partial charge in [-0.2, -0.15) is 0 Å². The number of carbonyl (C=O) groups excluding carboxylic acids is 2. The molecule has 0 saturated heterocycles. The summed E-state index contributed by atoms with van der Waals surface area (Å²) in [5, 5.41) is 2.97. The number of benzene rings is 2. The molecule has 2 aromatic rings. The molecule has 0 aliphatic carbocycles. The van der Waals surface area contributed by atoms with E-state index in [4.69, 9.17) is 4.74 Å². The fraction of sp³-hybridized carbons (Fsp3) is 0.300. The van der Waals surface area contributed by atoms with Crippen molar-refractivity contribution in [3.63, 3.8) is 0 Å². The lowest BCUT2D eigenvalue weighted by molar-refractivity contribution is -0.123. The maximum absolute atomic E-state index is 12.1. The normalized spacial score (nSPS) is 11.5. The van der Waals surface area contributed by atoms with Gasteiger partial charge in [0.2, 0.25) is 0 Å². The lowest BCUT2D eigenvalue weighted by Crippen LogP contribution is -2.32. The van der Waals surface area contributed by atoms with Crippen LogP contribution in [0.4, 0.5) is 0 Å². The molecule has 1 N–H and O–H groups in total. The maximum Gasteiger partial charge on any atom is 0.337 e. The molecule has 0 aliphatic heterocycles. The van der Waals surface area contributed by atoms with Crippen molar-refractivity contribution >= 4 is 11.9 Å². The summed E-state index contributed by atoms with van der Waals surface area (Å²) >= 11 is 0. The summed E-state index contributed by atoms with van der Waals surface area (Å²) in [6, 6.07) is 14.5. The van der Waals surface area contributed by atoms with E-state index < -0.39 is 5.97 Å². The molecule has 2 rings (SSSR count). The first-order valence-corrected chi connectivity index (χ1v) is 8.20. The van der Waals surface area contributed by atoms with E-state index in [-0.39, 0.29) is 18.6 Å². The van der Waals surface area contributed by atoms with Gasteiger partial charge in [-0.15, -0.1) is 0 Å². The van der Waals surface area contributed by atoms with Gasteiger partial charge in [0.1, 0.15) is 5.75 Å². The van der Waals surface area contributed by atoms with Gasteiger partial charge in [0.05, 0.1) is 18.7 Å². The van der Waals surface area contributed by atoms with Crippen LogP contribution in [0.25, 0.3) is 0 Å². The zero-order valence-corrected chi connectivity index (χ0v) is 14.7. The molecular formula is C20H23NO4. The minimum absolute atomic E-state index is 0.0431. The quantitative estimate of drug-likeness (QED) is 0.784. The predicted molar refractivity (Wildman–Crippen MR) is 95.6 cm³/mol. The number of hydrogen-bond acceptors (Lipinski definition) is 4. The molecule has 0 unspecified atom stereocenters. The average molecular weight is 341 g/mol. The van der Waals surface area contributed by atoms with Gasteiger partial charge in [0, 0.05) is 0 Å². The fourth-order valence-corrected chi connectivity index (χ4v) is 2.41. The second-order valence-electron chi connectivity index (χ2n) is 5.74. The molecule has 0 bridgehead atoms. The molecule has 1 amide bonds. The Balaban J connectivity index is 1.88. The number of carbonyl (C=O) groups is 2. The minimum Gasteiger partial charge on any atom is -0.484 e. The summed E-state index contributed by atoms with van der Waals surface area (Å²) in [5.41, 5.74) is 2.69. The molecule has 0 aliphatic rings. The van der Waals surface area contributed by atoms with Gasteiger partial charge in [-0.3, -0.25) is 4.79 Å². The largest absolute Gasteiger partial charge is 0.484 e. The first kappa shape index (κ1) is 18.5. The van der Waals surface area contributed by atoms with Crippen LogP contribution < -0.4 is 10.1 Å². The van der Waals surface area contributed by atoms with E-state index in [0.717, 1.165) is 12.0 Å². The van der Waals surface area contributed by atoms with E-state index in [1.165, 1.54) is 12.7 Å². The molecule has 1 atom stereocenters. The third-order valence-electron chi connectivity index (χ3n) is 3.87. The molecule has 5 nitrogen and oxygen atoms in total. The Morgan fingerprint density at radius 2 is 1.68 bits per heavy atom. The summed E-state index contributed by atoms with van der Waals surface area (Å²) in [6.45, 7) is 3.97. The van der Waals surface area contributed by atoms with Crippen LogP contribution in [-0.2, 0) is 9.53 Å². The number of nitrogens with one attached hydrogen (secondary N) is 1. The van der Waals surface area contributed by atoms with Gasteiger partial charge >= 0.3 is 5.97 Å². The number of ether oxygens (including phenoxy) is 2. The third kappa shape index (κ3) is 5.35. The second-order valence-corrected chi connectivity index (χ2v) is 5.74. The van der Waals surface area contributed by atoms with Crippen molar-refractivity contribution in [2.24, 2.45) is 0 Å². The molecular weight excluding hydrogens is 318 g/mol.